The van der Waals surface area contributed by atoms with Crippen molar-refractivity contribution in [3.8, 4) is 0 Å². The molecule has 1 heterocycles. The Morgan fingerprint density at radius 3 is 2.78 bits per heavy atom. The molecule has 1 aromatic carbocycles. The van der Waals surface area contributed by atoms with Crippen LogP contribution in [0.1, 0.15) is 50.2 Å². The number of nitrogen functional groups attached to an aromatic ring is 1. The van der Waals surface area contributed by atoms with Gasteiger partial charge in [0.25, 0.3) is 0 Å². The van der Waals surface area contributed by atoms with Crippen LogP contribution in [-0.2, 0) is 13.0 Å². The standard InChI is InChI=1S/C16H26N2/c1-2-3-4-5-6-10-18-11-9-14-12-16(17)8-7-15(14)13-18/h7-8,12H,2-6,9-11,13,17H2,1H3. The largest absolute Gasteiger partial charge is 0.399 e. The normalized spacial score (nSPS) is 15.6. The molecule has 1 aromatic rings. The number of unbranched alkanes of at least 4 members (excludes halogenated alkanes) is 4. The van der Waals surface area contributed by atoms with Crippen molar-refractivity contribution in [3.63, 3.8) is 0 Å². The Balaban J connectivity index is 1.76. The van der Waals surface area contributed by atoms with E-state index in [-0.39, 0.29) is 0 Å². The smallest absolute Gasteiger partial charge is 0.0316 e. The van der Waals surface area contributed by atoms with Gasteiger partial charge in [0.2, 0.25) is 0 Å². The number of anilines is 1. The third-order valence-corrected chi connectivity index (χ3v) is 3.90. The molecule has 2 rings (SSSR count). The lowest BCUT2D eigenvalue weighted by Crippen LogP contribution is -2.31. The molecule has 0 aliphatic carbocycles. The van der Waals surface area contributed by atoms with Crippen LogP contribution in [-0.4, -0.2) is 18.0 Å². The Morgan fingerprint density at radius 1 is 1.11 bits per heavy atom. The number of rotatable bonds is 6. The molecule has 0 radical (unpaired) electrons. The molecule has 0 unspecified atom stereocenters. The van der Waals surface area contributed by atoms with Gasteiger partial charge < -0.3 is 5.73 Å². The number of hydrogen-bond donors (Lipinski definition) is 1. The highest BCUT2D eigenvalue weighted by molar-refractivity contribution is 5.45. The molecular weight excluding hydrogens is 220 g/mol. The molecule has 18 heavy (non-hydrogen) atoms. The SMILES string of the molecule is CCCCCCCN1CCc2cc(N)ccc2C1. The van der Waals surface area contributed by atoms with E-state index >= 15 is 0 Å². The molecule has 0 spiro atoms. The Hall–Kier alpha value is -1.02. The van der Waals surface area contributed by atoms with Crippen LogP contribution < -0.4 is 5.73 Å². The summed E-state index contributed by atoms with van der Waals surface area (Å²) >= 11 is 0. The van der Waals surface area contributed by atoms with E-state index in [9.17, 15) is 0 Å². The maximum Gasteiger partial charge on any atom is 0.0316 e. The molecule has 0 fully saturated rings. The molecule has 100 valence electrons. The van der Waals surface area contributed by atoms with Crippen molar-refractivity contribution < 1.29 is 0 Å². The summed E-state index contributed by atoms with van der Waals surface area (Å²) < 4.78 is 0. The predicted molar refractivity (Wildman–Crippen MR) is 78.6 cm³/mol. The van der Waals surface area contributed by atoms with Crippen molar-refractivity contribution in [2.24, 2.45) is 0 Å². The molecule has 2 nitrogen and oxygen atoms in total. The summed E-state index contributed by atoms with van der Waals surface area (Å²) in [6.07, 6.45) is 8.02. The van der Waals surface area contributed by atoms with Gasteiger partial charge >= 0.3 is 0 Å². The maximum absolute atomic E-state index is 5.83. The number of hydrogen-bond acceptors (Lipinski definition) is 2. The molecule has 0 saturated carbocycles. The van der Waals surface area contributed by atoms with Gasteiger partial charge in [-0.05, 0) is 42.6 Å². The predicted octanol–water partition coefficient (Wildman–Crippen LogP) is 3.60. The van der Waals surface area contributed by atoms with Crippen LogP contribution in [0.3, 0.4) is 0 Å². The molecule has 0 amide bonds. The summed E-state index contributed by atoms with van der Waals surface area (Å²) in [4.78, 5) is 2.59. The van der Waals surface area contributed by atoms with Crippen molar-refractivity contribution in [2.75, 3.05) is 18.8 Å². The fraction of sp³-hybridized carbons (Fsp3) is 0.625. The summed E-state index contributed by atoms with van der Waals surface area (Å²) in [5.41, 5.74) is 9.67. The van der Waals surface area contributed by atoms with Crippen molar-refractivity contribution in [3.05, 3.63) is 29.3 Å². The summed E-state index contributed by atoms with van der Waals surface area (Å²) in [7, 11) is 0. The van der Waals surface area contributed by atoms with Gasteiger partial charge in [-0.25, -0.2) is 0 Å². The van der Waals surface area contributed by atoms with Crippen LogP contribution in [0.25, 0.3) is 0 Å². The number of nitrogens with two attached hydrogens (primary N) is 1. The zero-order valence-corrected chi connectivity index (χ0v) is 11.6. The zero-order valence-electron chi connectivity index (χ0n) is 11.6. The van der Waals surface area contributed by atoms with E-state index in [4.69, 9.17) is 5.73 Å². The second-order valence-electron chi connectivity index (χ2n) is 5.47. The Bertz CT molecular complexity index is 373. The fourth-order valence-corrected chi connectivity index (χ4v) is 2.76. The average Bonchev–Trinajstić information content (AvgIpc) is 2.38. The van der Waals surface area contributed by atoms with E-state index in [1.165, 1.54) is 56.3 Å². The van der Waals surface area contributed by atoms with Crippen LogP contribution in [0.15, 0.2) is 18.2 Å². The van der Waals surface area contributed by atoms with Gasteiger partial charge in [-0.15, -0.1) is 0 Å². The van der Waals surface area contributed by atoms with E-state index in [0.717, 1.165) is 18.7 Å². The molecule has 2 heteroatoms. The minimum absolute atomic E-state index is 0.904. The highest BCUT2D eigenvalue weighted by Crippen LogP contribution is 2.21. The van der Waals surface area contributed by atoms with Crippen LogP contribution in [0.4, 0.5) is 5.69 Å². The first-order valence-electron chi connectivity index (χ1n) is 7.39. The summed E-state index contributed by atoms with van der Waals surface area (Å²) in [6.45, 7) is 5.84. The lowest BCUT2D eigenvalue weighted by Gasteiger charge is -2.28. The highest BCUT2D eigenvalue weighted by atomic mass is 15.1. The van der Waals surface area contributed by atoms with Gasteiger partial charge in [-0.2, -0.15) is 0 Å². The summed E-state index contributed by atoms with van der Waals surface area (Å²) in [5, 5.41) is 0. The zero-order chi connectivity index (χ0) is 12.8. The molecule has 2 N–H and O–H groups in total. The number of benzene rings is 1. The lowest BCUT2D eigenvalue weighted by molar-refractivity contribution is 0.248. The minimum atomic E-state index is 0.904. The minimum Gasteiger partial charge on any atom is -0.399 e. The molecule has 0 atom stereocenters. The quantitative estimate of drug-likeness (QED) is 0.614. The number of nitrogens with zero attached hydrogens (tertiary/aromatic N) is 1. The maximum atomic E-state index is 5.83. The summed E-state index contributed by atoms with van der Waals surface area (Å²) in [6, 6.07) is 6.38. The van der Waals surface area contributed by atoms with Gasteiger partial charge in [0.05, 0.1) is 0 Å². The van der Waals surface area contributed by atoms with E-state index in [1.807, 2.05) is 6.07 Å². The second kappa shape index (κ2) is 6.79. The van der Waals surface area contributed by atoms with E-state index in [0.29, 0.717) is 0 Å². The molecule has 1 aliphatic heterocycles. The van der Waals surface area contributed by atoms with Crippen LogP contribution in [0, 0.1) is 0 Å². The van der Waals surface area contributed by atoms with Gasteiger partial charge in [0, 0.05) is 18.8 Å². The second-order valence-corrected chi connectivity index (χ2v) is 5.47. The molecule has 0 bridgehead atoms. The van der Waals surface area contributed by atoms with Gasteiger partial charge in [-0.1, -0.05) is 38.7 Å². The Labute approximate surface area is 111 Å². The number of fused-ring (bicyclic) bond motifs is 1. The first-order chi connectivity index (χ1) is 8.79. The van der Waals surface area contributed by atoms with Crippen LogP contribution in [0.2, 0.25) is 0 Å². The molecule has 0 aromatic heterocycles. The topological polar surface area (TPSA) is 29.3 Å². The molecular formula is C16H26N2. The fourth-order valence-electron chi connectivity index (χ4n) is 2.76. The van der Waals surface area contributed by atoms with Gasteiger partial charge in [0.1, 0.15) is 0 Å². The first-order valence-corrected chi connectivity index (χ1v) is 7.39. The Kier molecular flexibility index (Phi) is 5.06. The monoisotopic (exact) mass is 246 g/mol. The lowest BCUT2D eigenvalue weighted by atomic mass is 9.99. The van der Waals surface area contributed by atoms with E-state index in [2.05, 4.69) is 24.0 Å². The first kappa shape index (κ1) is 13.4. The molecule has 1 aliphatic rings. The van der Waals surface area contributed by atoms with Crippen molar-refractivity contribution in [1.82, 2.24) is 4.90 Å². The Morgan fingerprint density at radius 2 is 1.94 bits per heavy atom. The van der Waals surface area contributed by atoms with Crippen LogP contribution in [0.5, 0.6) is 0 Å². The van der Waals surface area contributed by atoms with Gasteiger partial charge in [-0.3, -0.25) is 4.90 Å². The van der Waals surface area contributed by atoms with Crippen molar-refractivity contribution in [1.29, 1.82) is 0 Å². The van der Waals surface area contributed by atoms with E-state index in [1.54, 1.807) is 0 Å². The third kappa shape index (κ3) is 3.74. The van der Waals surface area contributed by atoms with E-state index < -0.39 is 0 Å². The van der Waals surface area contributed by atoms with Crippen molar-refractivity contribution >= 4 is 5.69 Å². The summed E-state index contributed by atoms with van der Waals surface area (Å²) in [5.74, 6) is 0. The van der Waals surface area contributed by atoms with Crippen molar-refractivity contribution in [2.45, 2.75) is 52.0 Å². The highest BCUT2D eigenvalue weighted by Gasteiger charge is 2.15. The van der Waals surface area contributed by atoms with Gasteiger partial charge in [0.15, 0.2) is 0 Å². The average molecular weight is 246 g/mol. The molecule has 0 saturated heterocycles. The van der Waals surface area contributed by atoms with Crippen LogP contribution >= 0.6 is 0 Å². The third-order valence-electron chi connectivity index (χ3n) is 3.90.